The zero-order valence-electron chi connectivity index (χ0n) is 15.4. The first kappa shape index (κ1) is 18.4. The van der Waals surface area contributed by atoms with Gasteiger partial charge in [0.2, 0.25) is 5.95 Å². The summed E-state index contributed by atoms with van der Waals surface area (Å²) in [6.45, 7) is 3.46. The molecular formula is C19H26N4O3. The first-order valence-electron chi connectivity index (χ1n) is 8.78. The second-order valence-electron chi connectivity index (χ2n) is 6.33. The number of hydrogen-bond acceptors (Lipinski definition) is 7. The Bertz CT molecular complexity index is 702. The minimum Gasteiger partial charge on any atom is -0.497 e. The highest BCUT2D eigenvalue weighted by molar-refractivity contribution is 5.45. The average molecular weight is 358 g/mol. The Kier molecular flexibility index (Phi) is 6.25. The van der Waals surface area contributed by atoms with E-state index in [-0.39, 0.29) is 5.92 Å². The number of nitrogens with two attached hydrogens (primary N) is 1. The molecule has 1 aromatic heterocycles. The van der Waals surface area contributed by atoms with Gasteiger partial charge in [0.1, 0.15) is 11.6 Å². The van der Waals surface area contributed by atoms with Crippen LogP contribution in [0.25, 0.3) is 0 Å². The van der Waals surface area contributed by atoms with Crippen LogP contribution in [0.5, 0.6) is 5.75 Å². The van der Waals surface area contributed by atoms with E-state index in [1.165, 1.54) is 0 Å². The summed E-state index contributed by atoms with van der Waals surface area (Å²) in [7, 11) is 3.36. The van der Waals surface area contributed by atoms with Crippen LogP contribution < -0.4 is 15.4 Å². The Hall–Kier alpha value is -2.38. The number of nitrogens with zero attached hydrogens (tertiary/aromatic N) is 3. The molecule has 26 heavy (non-hydrogen) atoms. The molecule has 1 aromatic carbocycles. The van der Waals surface area contributed by atoms with Crippen molar-refractivity contribution in [2.45, 2.75) is 18.9 Å². The van der Waals surface area contributed by atoms with E-state index in [4.69, 9.17) is 19.9 Å². The van der Waals surface area contributed by atoms with Crippen LogP contribution in [-0.2, 0) is 16.0 Å². The van der Waals surface area contributed by atoms with Gasteiger partial charge in [0.15, 0.2) is 0 Å². The summed E-state index contributed by atoms with van der Waals surface area (Å²) >= 11 is 0. The van der Waals surface area contributed by atoms with Crippen molar-refractivity contribution in [3.05, 3.63) is 41.6 Å². The van der Waals surface area contributed by atoms with Gasteiger partial charge in [0, 0.05) is 38.8 Å². The summed E-state index contributed by atoms with van der Waals surface area (Å²) in [6, 6.07) is 10.0. The fraction of sp³-hybridized carbons (Fsp3) is 0.474. The summed E-state index contributed by atoms with van der Waals surface area (Å²) in [6.07, 6.45) is 0.965. The summed E-state index contributed by atoms with van der Waals surface area (Å²) in [4.78, 5) is 11.0. The maximum Gasteiger partial charge on any atom is 0.222 e. The predicted molar refractivity (Wildman–Crippen MR) is 101 cm³/mol. The van der Waals surface area contributed by atoms with E-state index < -0.39 is 0 Å². The second kappa shape index (κ2) is 8.82. The van der Waals surface area contributed by atoms with Crippen LogP contribution in [0.4, 0.5) is 11.8 Å². The third-order valence-corrected chi connectivity index (χ3v) is 4.52. The van der Waals surface area contributed by atoms with Gasteiger partial charge < -0.3 is 24.8 Å². The van der Waals surface area contributed by atoms with E-state index in [1.807, 2.05) is 18.2 Å². The van der Waals surface area contributed by atoms with E-state index in [1.54, 1.807) is 14.2 Å². The molecule has 0 amide bonds. The lowest BCUT2D eigenvalue weighted by Gasteiger charge is -2.24. The van der Waals surface area contributed by atoms with Gasteiger partial charge in [-0.05, 0) is 24.1 Å². The molecule has 2 aromatic rings. The van der Waals surface area contributed by atoms with Gasteiger partial charge in [-0.15, -0.1) is 0 Å². The lowest BCUT2D eigenvalue weighted by atomic mass is 10.0. The van der Waals surface area contributed by atoms with Gasteiger partial charge in [-0.1, -0.05) is 12.1 Å². The summed E-state index contributed by atoms with van der Waals surface area (Å²) < 4.78 is 16.0. The molecule has 140 valence electrons. The average Bonchev–Trinajstić information content (AvgIpc) is 3.20. The molecule has 1 saturated heterocycles. The molecule has 0 unspecified atom stereocenters. The van der Waals surface area contributed by atoms with Crippen molar-refractivity contribution in [1.29, 1.82) is 0 Å². The van der Waals surface area contributed by atoms with E-state index in [9.17, 15) is 0 Å². The number of nitrogen functional groups attached to an aromatic ring is 1. The monoisotopic (exact) mass is 358 g/mol. The molecule has 7 heteroatoms. The standard InChI is InChI=1S/C19H26N4O3/c1-24-10-8-23(12-14-3-5-16(25-2)6-4-14)18-11-17(21-19(20)22-18)15-7-9-26-13-15/h3-6,11,15H,7-10,12-13H2,1-2H3,(H2,20,21,22)/t15-/m1/s1. The molecule has 0 saturated carbocycles. The van der Waals surface area contributed by atoms with Crippen LogP contribution in [0, 0.1) is 0 Å². The Morgan fingerprint density at radius 3 is 2.69 bits per heavy atom. The summed E-state index contributed by atoms with van der Waals surface area (Å²) in [5, 5.41) is 0. The third-order valence-electron chi connectivity index (χ3n) is 4.52. The van der Waals surface area contributed by atoms with Gasteiger partial charge in [0.05, 0.1) is 26.0 Å². The molecule has 3 rings (SSSR count). The predicted octanol–water partition coefficient (Wildman–Crippen LogP) is 2.22. The molecule has 2 N–H and O–H groups in total. The van der Waals surface area contributed by atoms with Crippen LogP contribution in [0.15, 0.2) is 30.3 Å². The molecule has 1 aliphatic heterocycles. The highest BCUT2D eigenvalue weighted by Crippen LogP contribution is 2.27. The summed E-state index contributed by atoms with van der Waals surface area (Å²) in [5.74, 6) is 2.23. The van der Waals surface area contributed by atoms with Crippen LogP contribution in [0.2, 0.25) is 0 Å². The zero-order valence-corrected chi connectivity index (χ0v) is 15.4. The fourth-order valence-electron chi connectivity index (χ4n) is 3.04. The minimum absolute atomic E-state index is 0.282. The summed E-state index contributed by atoms with van der Waals surface area (Å²) in [5.41, 5.74) is 8.09. The highest BCUT2D eigenvalue weighted by atomic mass is 16.5. The second-order valence-corrected chi connectivity index (χ2v) is 6.33. The Morgan fingerprint density at radius 1 is 1.23 bits per heavy atom. The molecule has 0 aliphatic carbocycles. The SMILES string of the molecule is COCCN(Cc1ccc(OC)cc1)c1cc([C@@H]2CCOC2)nc(N)n1. The molecule has 2 heterocycles. The molecule has 0 radical (unpaired) electrons. The van der Waals surface area contributed by atoms with Crippen molar-refractivity contribution in [2.24, 2.45) is 0 Å². The molecule has 0 spiro atoms. The van der Waals surface area contributed by atoms with Gasteiger partial charge in [-0.25, -0.2) is 4.98 Å². The maximum absolute atomic E-state index is 5.99. The van der Waals surface area contributed by atoms with Crippen LogP contribution in [0.1, 0.15) is 23.6 Å². The Labute approximate surface area is 154 Å². The van der Waals surface area contributed by atoms with E-state index in [2.05, 4.69) is 27.0 Å². The maximum atomic E-state index is 5.99. The van der Waals surface area contributed by atoms with Crippen molar-refractivity contribution in [2.75, 3.05) is 51.2 Å². The smallest absolute Gasteiger partial charge is 0.222 e. The number of rotatable bonds is 8. The Morgan fingerprint density at radius 2 is 2.04 bits per heavy atom. The Balaban J connectivity index is 1.83. The highest BCUT2D eigenvalue weighted by Gasteiger charge is 2.21. The molecule has 7 nitrogen and oxygen atoms in total. The molecular weight excluding hydrogens is 332 g/mol. The quantitative estimate of drug-likeness (QED) is 0.775. The number of aromatic nitrogens is 2. The normalized spacial score (nSPS) is 16.6. The van der Waals surface area contributed by atoms with Crippen LogP contribution >= 0.6 is 0 Å². The van der Waals surface area contributed by atoms with Crippen molar-refractivity contribution in [1.82, 2.24) is 9.97 Å². The first-order valence-corrected chi connectivity index (χ1v) is 8.78. The topological polar surface area (TPSA) is 82.7 Å². The number of ether oxygens (including phenoxy) is 3. The van der Waals surface area contributed by atoms with Gasteiger partial charge in [-0.2, -0.15) is 4.98 Å². The van der Waals surface area contributed by atoms with Crippen LogP contribution in [0.3, 0.4) is 0 Å². The van der Waals surface area contributed by atoms with E-state index in [0.29, 0.717) is 32.3 Å². The third kappa shape index (κ3) is 4.62. The molecule has 0 bridgehead atoms. The number of hydrogen-bond donors (Lipinski definition) is 1. The zero-order chi connectivity index (χ0) is 18.4. The fourth-order valence-corrected chi connectivity index (χ4v) is 3.04. The molecule has 1 atom stereocenters. The van der Waals surface area contributed by atoms with Gasteiger partial charge >= 0.3 is 0 Å². The van der Waals surface area contributed by atoms with Gasteiger partial charge in [0.25, 0.3) is 0 Å². The van der Waals surface area contributed by atoms with Crippen molar-refractivity contribution >= 4 is 11.8 Å². The van der Waals surface area contributed by atoms with Crippen molar-refractivity contribution < 1.29 is 14.2 Å². The molecule has 1 aliphatic rings. The number of anilines is 2. The van der Waals surface area contributed by atoms with Crippen molar-refractivity contribution in [3.8, 4) is 5.75 Å². The number of benzene rings is 1. The van der Waals surface area contributed by atoms with E-state index >= 15 is 0 Å². The lowest BCUT2D eigenvalue weighted by molar-refractivity contribution is 0.193. The molecule has 1 fully saturated rings. The first-order chi connectivity index (χ1) is 12.7. The minimum atomic E-state index is 0.282. The largest absolute Gasteiger partial charge is 0.497 e. The lowest BCUT2D eigenvalue weighted by Crippen LogP contribution is -2.28. The van der Waals surface area contributed by atoms with Crippen LogP contribution in [-0.4, -0.2) is 50.6 Å². The number of methoxy groups -OCH3 is 2. The van der Waals surface area contributed by atoms with E-state index in [0.717, 1.165) is 35.9 Å². The van der Waals surface area contributed by atoms with Crippen molar-refractivity contribution in [3.63, 3.8) is 0 Å². The van der Waals surface area contributed by atoms with Gasteiger partial charge in [-0.3, -0.25) is 0 Å².